The lowest BCUT2D eigenvalue weighted by molar-refractivity contribution is 0.415. The molecule has 0 saturated heterocycles. The predicted octanol–water partition coefficient (Wildman–Crippen LogP) is 3.34. The number of nitriles is 1. The van der Waals surface area contributed by atoms with Crippen LogP contribution in [0.3, 0.4) is 0 Å². The zero-order valence-corrected chi connectivity index (χ0v) is 11.4. The number of hydrogen-bond donors (Lipinski definition) is 0. The third-order valence-electron chi connectivity index (χ3n) is 3.09. The lowest BCUT2D eigenvalue weighted by Gasteiger charge is -2.20. The number of nitrogens with zero attached hydrogens (tertiary/aromatic N) is 2. The Labute approximate surface area is 117 Å². The number of rotatable bonds is 4. The van der Waals surface area contributed by atoms with Crippen LogP contribution in [0.15, 0.2) is 42.5 Å². The maximum atomic E-state index is 13.3. The van der Waals surface area contributed by atoms with Gasteiger partial charge < -0.3 is 9.64 Å². The fourth-order valence-corrected chi connectivity index (χ4v) is 2.00. The second-order valence-corrected chi connectivity index (χ2v) is 4.47. The van der Waals surface area contributed by atoms with Gasteiger partial charge in [0.15, 0.2) is 0 Å². The molecule has 0 bridgehead atoms. The molecule has 0 fully saturated rings. The molecule has 0 aliphatic rings. The van der Waals surface area contributed by atoms with Gasteiger partial charge in [-0.3, -0.25) is 0 Å². The maximum Gasteiger partial charge on any atom is 0.123 e. The summed E-state index contributed by atoms with van der Waals surface area (Å²) in [5.74, 6) is 0.423. The minimum Gasteiger partial charge on any atom is -0.497 e. The van der Waals surface area contributed by atoms with Crippen molar-refractivity contribution in [3.8, 4) is 11.8 Å². The van der Waals surface area contributed by atoms with E-state index in [0.29, 0.717) is 17.7 Å². The molecular formula is C16H15FN2O. The van der Waals surface area contributed by atoms with E-state index in [9.17, 15) is 4.39 Å². The molecule has 0 amide bonds. The smallest absolute Gasteiger partial charge is 0.123 e. The highest BCUT2D eigenvalue weighted by atomic mass is 19.1. The number of methoxy groups -OCH3 is 1. The van der Waals surface area contributed by atoms with E-state index in [1.807, 2.05) is 36.2 Å². The van der Waals surface area contributed by atoms with Crippen molar-refractivity contribution >= 4 is 5.69 Å². The van der Waals surface area contributed by atoms with Gasteiger partial charge in [-0.1, -0.05) is 6.07 Å². The number of hydrogen-bond acceptors (Lipinski definition) is 3. The maximum absolute atomic E-state index is 13.3. The molecule has 0 aliphatic carbocycles. The van der Waals surface area contributed by atoms with Gasteiger partial charge in [-0.05, 0) is 35.9 Å². The standard InChI is InChI=1S/C16H15FN2O/c1-19(15-4-3-5-16(9-15)20-2)11-13-8-14(17)7-6-12(13)10-18/h3-9H,11H2,1-2H3. The summed E-state index contributed by atoms with van der Waals surface area (Å²) < 4.78 is 18.5. The Kier molecular flexibility index (Phi) is 4.21. The third kappa shape index (κ3) is 3.07. The topological polar surface area (TPSA) is 36.3 Å². The lowest BCUT2D eigenvalue weighted by atomic mass is 10.1. The Hall–Kier alpha value is -2.54. The molecule has 3 nitrogen and oxygen atoms in total. The molecule has 2 aromatic carbocycles. The first-order chi connectivity index (χ1) is 9.63. The summed E-state index contributed by atoms with van der Waals surface area (Å²) in [5.41, 5.74) is 2.09. The van der Waals surface area contributed by atoms with E-state index in [0.717, 1.165) is 11.4 Å². The van der Waals surface area contributed by atoms with Crippen molar-refractivity contribution in [2.24, 2.45) is 0 Å². The summed E-state index contributed by atoms with van der Waals surface area (Å²) in [6.45, 7) is 0.452. The van der Waals surface area contributed by atoms with Gasteiger partial charge in [-0.25, -0.2) is 4.39 Å². The van der Waals surface area contributed by atoms with Gasteiger partial charge in [0.05, 0.1) is 18.7 Å². The van der Waals surface area contributed by atoms with Crippen LogP contribution in [0.2, 0.25) is 0 Å². The van der Waals surface area contributed by atoms with Crippen molar-refractivity contribution in [2.75, 3.05) is 19.1 Å². The van der Waals surface area contributed by atoms with Gasteiger partial charge in [0, 0.05) is 25.3 Å². The van der Waals surface area contributed by atoms with Gasteiger partial charge in [0.2, 0.25) is 0 Å². The lowest BCUT2D eigenvalue weighted by Crippen LogP contribution is -2.17. The first kappa shape index (κ1) is 13.9. The number of halogens is 1. The summed E-state index contributed by atoms with van der Waals surface area (Å²) in [5, 5.41) is 9.06. The second kappa shape index (κ2) is 6.07. The molecule has 0 saturated carbocycles. The third-order valence-corrected chi connectivity index (χ3v) is 3.09. The summed E-state index contributed by atoms with van der Waals surface area (Å²) in [6, 6.07) is 13.9. The SMILES string of the molecule is COc1cccc(N(C)Cc2cc(F)ccc2C#N)c1. The number of ether oxygens (including phenoxy) is 1. The van der Waals surface area contributed by atoms with Crippen LogP contribution in [0.4, 0.5) is 10.1 Å². The Morgan fingerprint density at radius 2 is 2.05 bits per heavy atom. The van der Waals surface area contributed by atoms with Gasteiger partial charge in [0.1, 0.15) is 11.6 Å². The molecule has 0 atom stereocenters. The van der Waals surface area contributed by atoms with E-state index in [2.05, 4.69) is 6.07 Å². The van der Waals surface area contributed by atoms with Gasteiger partial charge in [0.25, 0.3) is 0 Å². The van der Waals surface area contributed by atoms with Crippen LogP contribution in [-0.2, 0) is 6.54 Å². The predicted molar refractivity (Wildman–Crippen MR) is 76.2 cm³/mol. The molecule has 0 aromatic heterocycles. The Balaban J connectivity index is 2.25. The van der Waals surface area contributed by atoms with Crippen molar-refractivity contribution in [3.63, 3.8) is 0 Å². The van der Waals surface area contributed by atoms with Crippen molar-refractivity contribution in [2.45, 2.75) is 6.54 Å². The molecule has 0 spiro atoms. The highest BCUT2D eigenvalue weighted by molar-refractivity contribution is 5.51. The average Bonchev–Trinajstić information content (AvgIpc) is 2.47. The average molecular weight is 270 g/mol. The molecule has 20 heavy (non-hydrogen) atoms. The quantitative estimate of drug-likeness (QED) is 0.855. The first-order valence-corrected chi connectivity index (χ1v) is 6.17. The van der Waals surface area contributed by atoms with Crippen molar-refractivity contribution in [3.05, 3.63) is 59.4 Å². The Morgan fingerprint density at radius 3 is 2.75 bits per heavy atom. The zero-order chi connectivity index (χ0) is 14.5. The van der Waals surface area contributed by atoms with Crippen LogP contribution in [-0.4, -0.2) is 14.2 Å². The largest absolute Gasteiger partial charge is 0.497 e. The van der Waals surface area contributed by atoms with Crippen LogP contribution in [0.5, 0.6) is 5.75 Å². The van der Waals surface area contributed by atoms with Crippen molar-refractivity contribution < 1.29 is 9.13 Å². The summed E-state index contributed by atoms with van der Waals surface area (Å²) in [7, 11) is 3.50. The highest BCUT2D eigenvalue weighted by Gasteiger charge is 2.08. The van der Waals surface area contributed by atoms with Crippen molar-refractivity contribution in [1.29, 1.82) is 5.26 Å². The van der Waals surface area contributed by atoms with E-state index < -0.39 is 0 Å². The van der Waals surface area contributed by atoms with Gasteiger partial charge in [-0.2, -0.15) is 5.26 Å². The van der Waals surface area contributed by atoms with E-state index in [-0.39, 0.29) is 5.82 Å². The molecule has 2 rings (SSSR count). The minimum absolute atomic E-state index is 0.335. The number of benzene rings is 2. The molecular weight excluding hydrogens is 255 g/mol. The summed E-state index contributed by atoms with van der Waals surface area (Å²) >= 11 is 0. The van der Waals surface area contributed by atoms with Crippen LogP contribution in [0.25, 0.3) is 0 Å². The summed E-state index contributed by atoms with van der Waals surface area (Å²) in [6.07, 6.45) is 0. The van der Waals surface area contributed by atoms with E-state index in [1.54, 1.807) is 7.11 Å². The highest BCUT2D eigenvalue weighted by Crippen LogP contribution is 2.22. The van der Waals surface area contributed by atoms with Crippen LogP contribution in [0.1, 0.15) is 11.1 Å². The normalized spacial score (nSPS) is 9.90. The van der Waals surface area contributed by atoms with E-state index in [1.165, 1.54) is 18.2 Å². The molecule has 102 valence electrons. The second-order valence-electron chi connectivity index (χ2n) is 4.47. The molecule has 0 radical (unpaired) electrons. The molecule has 0 unspecified atom stereocenters. The molecule has 0 aliphatic heterocycles. The first-order valence-electron chi connectivity index (χ1n) is 6.17. The molecule has 4 heteroatoms. The zero-order valence-electron chi connectivity index (χ0n) is 11.4. The van der Waals surface area contributed by atoms with Gasteiger partial charge in [-0.15, -0.1) is 0 Å². The van der Waals surface area contributed by atoms with Crippen LogP contribution in [0, 0.1) is 17.1 Å². The molecule has 0 N–H and O–H groups in total. The van der Waals surface area contributed by atoms with Crippen LogP contribution >= 0.6 is 0 Å². The van der Waals surface area contributed by atoms with E-state index >= 15 is 0 Å². The van der Waals surface area contributed by atoms with Crippen molar-refractivity contribution in [1.82, 2.24) is 0 Å². The minimum atomic E-state index is -0.335. The number of anilines is 1. The molecule has 2 aromatic rings. The fraction of sp³-hybridized carbons (Fsp3) is 0.188. The Bertz CT molecular complexity index is 649. The monoisotopic (exact) mass is 270 g/mol. The fourth-order valence-electron chi connectivity index (χ4n) is 2.00. The van der Waals surface area contributed by atoms with Crippen LogP contribution < -0.4 is 9.64 Å². The van der Waals surface area contributed by atoms with Gasteiger partial charge >= 0.3 is 0 Å². The summed E-state index contributed by atoms with van der Waals surface area (Å²) in [4.78, 5) is 1.94. The van der Waals surface area contributed by atoms with E-state index in [4.69, 9.17) is 10.00 Å². The molecule has 0 heterocycles. The Morgan fingerprint density at radius 1 is 1.25 bits per heavy atom.